The van der Waals surface area contributed by atoms with Gasteiger partial charge >= 0.3 is 7.82 Å². The molecule has 2 aromatic carbocycles. The van der Waals surface area contributed by atoms with E-state index in [1.807, 2.05) is 0 Å². The number of aromatic hydroxyl groups is 1. The van der Waals surface area contributed by atoms with Crippen LogP contribution in [0.5, 0.6) is 17.2 Å². The lowest BCUT2D eigenvalue weighted by Crippen LogP contribution is -2.05. The predicted octanol–water partition coefficient (Wildman–Crippen LogP) is 2.65. The molecule has 3 aromatic rings. The van der Waals surface area contributed by atoms with Crippen molar-refractivity contribution in [2.24, 2.45) is 0 Å². The molecule has 3 N–H and O–H groups in total. The molecule has 0 atom stereocenters. The fourth-order valence-corrected chi connectivity index (χ4v) is 2.75. The van der Waals surface area contributed by atoms with Gasteiger partial charge in [0.05, 0.1) is 12.7 Å². The zero-order chi connectivity index (χ0) is 18.2. The van der Waals surface area contributed by atoms with Crippen LogP contribution in [-0.4, -0.2) is 22.0 Å². The molecule has 0 aliphatic heterocycles. The summed E-state index contributed by atoms with van der Waals surface area (Å²) >= 11 is 0. The second kappa shape index (κ2) is 6.25. The number of phenolic OH excluding ortho intramolecular Hbond substituents is 1. The fraction of sp³-hybridized carbons (Fsp3) is 0.0625. The van der Waals surface area contributed by atoms with Crippen molar-refractivity contribution in [2.75, 3.05) is 7.11 Å². The van der Waals surface area contributed by atoms with E-state index in [1.165, 1.54) is 13.4 Å². The number of hydrogen-bond donors (Lipinski definition) is 3. The average Bonchev–Trinajstić information content (AvgIpc) is 2.53. The van der Waals surface area contributed by atoms with E-state index in [4.69, 9.17) is 18.9 Å². The summed E-state index contributed by atoms with van der Waals surface area (Å²) < 4.78 is 25.7. The highest BCUT2D eigenvalue weighted by molar-refractivity contribution is 7.46. The van der Waals surface area contributed by atoms with Gasteiger partial charge in [-0.25, -0.2) is 4.57 Å². The Bertz CT molecular complexity index is 1030. The van der Waals surface area contributed by atoms with Crippen LogP contribution in [0.15, 0.2) is 51.9 Å². The van der Waals surface area contributed by atoms with E-state index in [0.717, 1.165) is 12.1 Å². The zero-order valence-corrected chi connectivity index (χ0v) is 13.8. The number of ether oxygens (including phenoxy) is 1. The summed E-state index contributed by atoms with van der Waals surface area (Å²) in [5.41, 5.74) is 0.220. The van der Waals surface area contributed by atoms with E-state index in [1.54, 1.807) is 24.3 Å². The molecule has 130 valence electrons. The third-order valence-electron chi connectivity index (χ3n) is 3.46. The maximum Gasteiger partial charge on any atom is 0.524 e. The van der Waals surface area contributed by atoms with Gasteiger partial charge in [0, 0.05) is 12.1 Å². The minimum Gasteiger partial charge on any atom is -0.507 e. The van der Waals surface area contributed by atoms with Crippen LogP contribution in [-0.2, 0) is 4.57 Å². The van der Waals surface area contributed by atoms with Crippen LogP contribution in [0.2, 0.25) is 0 Å². The van der Waals surface area contributed by atoms with Gasteiger partial charge in [0.15, 0.2) is 0 Å². The number of methoxy groups -OCH3 is 1. The second-order valence-electron chi connectivity index (χ2n) is 5.10. The van der Waals surface area contributed by atoms with E-state index in [2.05, 4.69) is 4.52 Å². The second-order valence-corrected chi connectivity index (χ2v) is 6.27. The minimum absolute atomic E-state index is 0.0642. The van der Waals surface area contributed by atoms with Crippen molar-refractivity contribution in [1.82, 2.24) is 0 Å². The molecule has 0 aliphatic rings. The molecule has 1 aromatic heterocycles. The van der Waals surface area contributed by atoms with E-state index in [9.17, 15) is 14.5 Å². The minimum atomic E-state index is -4.81. The standard InChI is InChI=1S/C16H13O8P/c1-22-10-4-2-9(3-5-10)12-8-23-14-7-11(24-25(19,20)21)6-13(17)15(14)16(12)18/h2-8,17H,1H3,(H2,19,20,21). The van der Waals surface area contributed by atoms with E-state index in [0.29, 0.717) is 11.3 Å². The van der Waals surface area contributed by atoms with Crippen molar-refractivity contribution in [3.8, 4) is 28.4 Å². The van der Waals surface area contributed by atoms with Gasteiger partial charge in [-0.05, 0) is 17.7 Å². The molecule has 3 rings (SSSR count). The molecule has 0 saturated heterocycles. The van der Waals surface area contributed by atoms with Crippen molar-refractivity contribution in [1.29, 1.82) is 0 Å². The molecule has 0 saturated carbocycles. The van der Waals surface area contributed by atoms with Gasteiger partial charge in [-0.15, -0.1) is 0 Å². The van der Waals surface area contributed by atoms with Crippen molar-refractivity contribution in [3.63, 3.8) is 0 Å². The Morgan fingerprint density at radius 3 is 2.36 bits per heavy atom. The number of phenols is 1. The quantitative estimate of drug-likeness (QED) is 0.603. The molecule has 0 radical (unpaired) electrons. The SMILES string of the molecule is COc1ccc(-c2coc3cc(OP(=O)(O)O)cc(O)c3c2=O)cc1. The number of phosphoric acid groups is 1. The first-order valence-electron chi connectivity index (χ1n) is 6.96. The molecule has 0 fully saturated rings. The third kappa shape index (κ3) is 3.51. The molecule has 8 nitrogen and oxygen atoms in total. The molecule has 0 aliphatic carbocycles. The molecule has 0 bridgehead atoms. The molecule has 1 heterocycles. The zero-order valence-electron chi connectivity index (χ0n) is 12.9. The summed E-state index contributed by atoms with van der Waals surface area (Å²) in [6, 6.07) is 8.74. The first-order chi connectivity index (χ1) is 11.8. The van der Waals surface area contributed by atoms with Crippen molar-refractivity contribution in [3.05, 3.63) is 52.9 Å². The van der Waals surface area contributed by atoms with Crippen molar-refractivity contribution < 1.29 is 33.1 Å². The topological polar surface area (TPSA) is 126 Å². The molecule has 0 unspecified atom stereocenters. The molecular weight excluding hydrogens is 351 g/mol. The number of rotatable bonds is 4. The Hall–Kier alpha value is -2.80. The smallest absolute Gasteiger partial charge is 0.507 e. The highest BCUT2D eigenvalue weighted by Gasteiger charge is 2.19. The molecule has 0 spiro atoms. The highest BCUT2D eigenvalue weighted by Crippen LogP contribution is 2.40. The van der Waals surface area contributed by atoms with Crippen LogP contribution < -0.4 is 14.7 Å². The van der Waals surface area contributed by atoms with Crippen LogP contribution in [0, 0.1) is 0 Å². The number of fused-ring (bicyclic) bond motifs is 1. The van der Waals surface area contributed by atoms with Gasteiger partial charge in [0.2, 0.25) is 5.43 Å². The first kappa shape index (κ1) is 17.0. The van der Waals surface area contributed by atoms with Crippen LogP contribution in [0.3, 0.4) is 0 Å². The van der Waals surface area contributed by atoms with Gasteiger partial charge < -0.3 is 18.8 Å². The maximum atomic E-state index is 12.7. The lowest BCUT2D eigenvalue weighted by molar-refractivity contribution is 0.283. The lowest BCUT2D eigenvalue weighted by atomic mass is 10.0. The summed E-state index contributed by atoms with van der Waals surface area (Å²) in [5.74, 6) is -0.209. The molecule has 0 amide bonds. The van der Waals surface area contributed by atoms with Crippen LogP contribution in [0.25, 0.3) is 22.1 Å². The predicted molar refractivity (Wildman–Crippen MR) is 88.8 cm³/mol. The summed E-state index contributed by atoms with van der Waals surface area (Å²) in [4.78, 5) is 30.3. The molecule has 25 heavy (non-hydrogen) atoms. The number of phosphoric ester groups is 1. The van der Waals surface area contributed by atoms with Gasteiger partial charge in [-0.2, -0.15) is 0 Å². The molecule has 9 heteroatoms. The van der Waals surface area contributed by atoms with Crippen LogP contribution in [0.1, 0.15) is 0 Å². The van der Waals surface area contributed by atoms with Gasteiger partial charge in [0.25, 0.3) is 0 Å². The van der Waals surface area contributed by atoms with Gasteiger partial charge in [-0.1, -0.05) is 12.1 Å². The van der Waals surface area contributed by atoms with E-state index < -0.39 is 19.0 Å². The van der Waals surface area contributed by atoms with E-state index >= 15 is 0 Å². The van der Waals surface area contributed by atoms with Crippen LogP contribution in [0.4, 0.5) is 0 Å². The average molecular weight is 364 g/mol. The largest absolute Gasteiger partial charge is 0.524 e. The summed E-state index contributed by atoms with van der Waals surface area (Å²) in [6.07, 6.45) is 1.20. The lowest BCUT2D eigenvalue weighted by Gasteiger charge is -2.09. The van der Waals surface area contributed by atoms with E-state index in [-0.39, 0.29) is 22.3 Å². The Kier molecular flexibility index (Phi) is 4.26. The Balaban J connectivity index is 2.14. The normalized spacial score (nSPS) is 11.5. The fourth-order valence-electron chi connectivity index (χ4n) is 2.37. The Morgan fingerprint density at radius 2 is 1.76 bits per heavy atom. The molecular formula is C16H13O8P. The Labute approximate surface area is 141 Å². The monoisotopic (exact) mass is 364 g/mol. The van der Waals surface area contributed by atoms with Crippen LogP contribution >= 0.6 is 7.82 Å². The van der Waals surface area contributed by atoms with Gasteiger partial charge in [-0.3, -0.25) is 14.6 Å². The summed E-state index contributed by atoms with van der Waals surface area (Å²) in [6.45, 7) is 0. The van der Waals surface area contributed by atoms with Gasteiger partial charge in [0.1, 0.15) is 34.5 Å². The maximum absolute atomic E-state index is 12.7. The summed E-state index contributed by atoms with van der Waals surface area (Å²) in [5, 5.41) is 9.95. The highest BCUT2D eigenvalue weighted by atomic mass is 31.2. The van der Waals surface area contributed by atoms with Crippen molar-refractivity contribution >= 4 is 18.8 Å². The van der Waals surface area contributed by atoms with Crippen molar-refractivity contribution in [2.45, 2.75) is 0 Å². The Morgan fingerprint density at radius 1 is 1.08 bits per heavy atom. The summed E-state index contributed by atoms with van der Waals surface area (Å²) in [7, 11) is -3.28. The number of benzene rings is 2. The number of hydrogen-bond acceptors (Lipinski definition) is 6. The third-order valence-corrected chi connectivity index (χ3v) is 3.90. The first-order valence-corrected chi connectivity index (χ1v) is 8.49.